The van der Waals surface area contributed by atoms with Crippen LogP contribution in [0.5, 0.6) is 5.75 Å². The highest BCUT2D eigenvalue weighted by molar-refractivity contribution is 8.08. The van der Waals surface area contributed by atoms with E-state index in [-0.39, 0.29) is 29.5 Å². The number of halogens is 1. The van der Waals surface area contributed by atoms with Crippen LogP contribution in [0.4, 0.5) is 16.2 Å². The van der Waals surface area contributed by atoms with Gasteiger partial charge in [0.05, 0.1) is 21.5 Å². The van der Waals surface area contributed by atoms with Gasteiger partial charge in [0, 0.05) is 31.4 Å². The van der Waals surface area contributed by atoms with Crippen molar-refractivity contribution in [2.75, 3.05) is 42.6 Å². The van der Waals surface area contributed by atoms with E-state index in [2.05, 4.69) is 17.2 Å². The molecule has 1 aromatic rings. The maximum Gasteiger partial charge on any atom is 0.415 e. The number of aliphatic hydroxyl groups excluding tert-OH is 1. The number of cyclic esters (lactones) is 1. The molecule has 1 aromatic carbocycles. The van der Waals surface area contributed by atoms with Crippen LogP contribution >= 0.6 is 23.4 Å². The molecular weight excluding hydrogens is 456 g/mol. The predicted octanol–water partition coefficient (Wildman–Crippen LogP) is 1.96. The Hall–Kier alpha value is -2.40. The van der Waals surface area contributed by atoms with Gasteiger partial charge in [0.2, 0.25) is 0 Å². The number of fused-ring (bicyclic) bond motifs is 3. The number of hydrogen-bond donors (Lipinski definition) is 3. The molecule has 32 heavy (non-hydrogen) atoms. The molecule has 172 valence electrons. The first-order chi connectivity index (χ1) is 15.4. The highest BCUT2D eigenvalue weighted by Gasteiger charge is 2.46. The second kappa shape index (κ2) is 9.62. The Morgan fingerprint density at radius 2 is 2.31 bits per heavy atom. The number of carbonyl (C=O) groups excluding carboxylic acids is 2. The van der Waals surface area contributed by atoms with Gasteiger partial charge in [0.1, 0.15) is 30.7 Å². The molecule has 2 fully saturated rings. The number of benzene rings is 1. The lowest BCUT2D eigenvalue weighted by Gasteiger charge is -2.36. The van der Waals surface area contributed by atoms with E-state index in [0.29, 0.717) is 29.4 Å². The number of carbonyl (C=O) groups is 2. The van der Waals surface area contributed by atoms with Crippen molar-refractivity contribution in [3.8, 4) is 5.75 Å². The average Bonchev–Trinajstić information content (AvgIpc) is 3.11. The van der Waals surface area contributed by atoms with Crippen LogP contribution < -0.4 is 25.2 Å². The van der Waals surface area contributed by atoms with Gasteiger partial charge in [0.25, 0.3) is 5.91 Å². The van der Waals surface area contributed by atoms with E-state index in [0.717, 1.165) is 24.0 Å². The number of nitrogens with one attached hydrogen (secondary N) is 2. The Kier molecular flexibility index (Phi) is 6.85. The standard InChI is InChI=1S/C21H25ClN4O5S/c1-3-18(32-12(2)22)20(28)24-9-17-15-11-30-16-8-13(25-7-6-23-10-19(25)27)4-5-14(16)26(15)21(29)31-17/h3-5,8,15,17,19,23,27H,2,6-7,9-11H2,1H3,(H,24,28)/b18-3-/t15-,17-,19?/m0/s1. The van der Waals surface area contributed by atoms with Crippen molar-refractivity contribution in [2.45, 2.75) is 25.3 Å². The quantitative estimate of drug-likeness (QED) is 0.531. The number of allylic oxidation sites excluding steroid dienone is 1. The van der Waals surface area contributed by atoms with Gasteiger partial charge in [-0.25, -0.2) is 4.79 Å². The third kappa shape index (κ3) is 4.54. The Bertz CT molecular complexity index is 958. The second-order valence-electron chi connectivity index (χ2n) is 7.52. The van der Waals surface area contributed by atoms with E-state index >= 15 is 0 Å². The summed E-state index contributed by atoms with van der Waals surface area (Å²) in [5, 5.41) is 16.2. The van der Waals surface area contributed by atoms with Crippen LogP contribution in [0.1, 0.15) is 6.92 Å². The minimum atomic E-state index is -0.626. The van der Waals surface area contributed by atoms with Crippen LogP contribution in [-0.4, -0.2) is 68.3 Å². The summed E-state index contributed by atoms with van der Waals surface area (Å²) in [6.07, 6.45) is -0.0212. The van der Waals surface area contributed by atoms with E-state index in [1.807, 2.05) is 17.0 Å². The molecule has 11 heteroatoms. The molecule has 1 unspecified atom stereocenters. The molecule has 0 aromatic heterocycles. The van der Waals surface area contributed by atoms with Crippen LogP contribution in [0.25, 0.3) is 0 Å². The van der Waals surface area contributed by atoms with Gasteiger partial charge in [0.15, 0.2) is 0 Å². The number of amides is 2. The molecule has 3 aliphatic rings. The largest absolute Gasteiger partial charge is 0.489 e. The smallest absolute Gasteiger partial charge is 0.415 e. The maximum absolute atomic E-state index is 12.6. The summed E-state index contributed by atoms with van der Waals surface area (Å²) in [4.78, 5) is 28.9. The molecule has 2 saturated heterocycles. The SMILES string of the molecule is C=C(Cl)S/C(=C\C)C(=O)NC[C@@H]1OC(=O)N2c3ccc(N4CCNCC4O)cc3OC[C@@H]12. The highest BCUT2D eigenvalue weighted by atomic mass is 35.5. The number of ether oxygens (including phenoxy) is 2. The summed E-state index contributed by atoms with van der Waals surface area (Å²) in [6, 6.07) is 5.12. The second-order valence-corrected chi connectivity index (χ2v) is 9.34. The monoisotopic (exact) mass is 480 g/mol. The maximum atomic E-state index is 12.6. The number of hydrogen-bond acceptors (Lipinski definition) is 8. The van der Waals surface area contributed by atoms with Crippen molar-refractivity contribution in [3.63, 3.8) is 0 Å². The summed E-state index contributed by atoms with van der Waals surface area (Å²) in [6.45, 7) is 7.62. The Labute approximate surface area is 195 Å². The minimum Gasteiger partial charge on any atom is -0.489 e. The Morgan fingerprint density at radius 3 is 3.03 bits per heavy atom. The molecule has 3 atom stereocenters. The minimum absolute atomic E-state index is 0.141. The highest BCUT2D eigenvalue weighted by Crippen LogP contribution is 2.41. The molecule has 9 nitrogen and oxygen atoms in total. The normalized spacial score (nSPS) is 24.9. The molecule has 0 saturated carbocycles. The third-order valence-electron chi connectivity index (χ3n) is 5.54. The van der Waals surface area contributed by atoms with E-state index in [1.165, 1.54) is 0 Å². The zero-order valence-corrected chi connectivity index (χ0v) is 19.1. The zero-order valence-electron chi connectivity index (χ0n) is 17.5. The number of nitrogens with zero attached hydrogens (tertiary/aromatic N) is 2. The summed E-state index contributed by atoms with van der Waals surface area (Å²) in [7, 11) is 0. The molecule has 0 bridgehead atoms. The molecule has 0 spiro atoms. The van der Waals surface area contributed by atoms with E-state index in [9.17, 15) is 14.7 Å². The van der Waals surface area contributed by atoms with Crippen molar-refractivity contribution >= 4 is 46.7 Å². The molecule has 3 N–H and O–H groups in total. The van der Waals surface area contributed by atoms with Crippen molar-refractivity contribution in [1.29, 1.82) is 0 Å². The Balaban J connectivity index is 1.45. The van der Waals surface area contributed by atoms with Gasteiger partial charge < -0.3 is 30.1 Å². The van der Waals surface area contributed by atoms with Crippen molar-refractivity contribution in [2.24, 2.45) is 0 Å². The third-order valence-corrected chi connectivity index (χ3v) is 6.63. The summed E-state index contributed by atoms with van der Waals surface area (Å²) >= 11 is 6.85. The molecule has 0 aliphatic carbocycles. The first-order valence-corrected chi connectivity index (χ1v) is 11.5. The van der Waals surface area contributed by atoms with Gasteiger partial charge in [-0.2, -0.15) is 0 Å². The molecule has 4 rings (SSSR count). The zero-order chi connectivity index (χ0) is 22.8. The lowest BCUT2D eigenvalue weighted by molar-refractivity contribution is -0.117. The summed E-state index contributed by atoms with van der Waals surface area (Å²) in [5.74, 6) is 0.240. The number of piperazine rings is 1. The average molecular weight is 481 g/mol. The fourth-order valence-corrected chi connectivity index (χ4v) is 4.77. The van der Waals surface area contributed by atoms with E-state index in [4.69, 9.17) is 21.1 Å². The predicted molar refractivity (Wildman–Crippen MR) is 124 cm³/mol. The number of β-amino-alcohol motifs (C(OH)–C–C–N with tert-alkyl or cyclic N) is 1. The van der Waals surface area contributed by atoms with Gasteiger partial charge in [-0.3, -0.25) is 9.69 Å². The van der Waals surface area contributed by atoms with Crippen LogP contribution in [0.3, 0.4) is 0 Å². The van der Waals surface area contributed by atoms with Crippen molar-refractivity contribution < 1.29 is 24.2 Å². The van der Waals surface area contributed by atoms with E-state index < -0.39 is 18.4 Å². The first kappa shape index (κ1) is 22.8. The van der Waals surface area contributed by atoms with Crippen LogP contribution in [0, 0.1) is 0 Å². The summed E-state index contributed by atoms with van der Waals surface area (Å²) in [5.41, 5.74) is 1.43. The van der Waals surface area contributed by atoms with E-state index in [1.54, 1.807) is 24.0 Å². The first-order valence-electron chi connectivity index (χ1n) is 10.3. The van der Waals surface area contributed by atoms with Crippen molar-refractivity contribution in [3.05, 3.63) is 40.1 Å². The lowest BCUT2D eigenvalue weighted by Crippen LogP contribution is -2.51. The van der Waals surface area contributed by atoms with Crippen molar-refractivity contribution in [1.82, 2.24) is 10.6 Å². The summed E-state index contributed by atoms with van der Waals surface area (Å²) < 4.78 is 11.8. The Morgan fingerprint density at radius 1 is 1.50 bits per heavy atom. The van der Waals surface area contributed by atoms with Gasteiger partial charge >= 0.3 is 6.09 Å². The topological polar surface area (TPSA) is 103 Å². The number of thioether (sulfide) groups is 1. The number of anilines is 2. The molecule has 2 amide bonds. The van der Waals surface area contributed by atoms with Gasteiger partial charge in [-0.15, -0.1) is 0 Å². The number of aliphatic hydroxyl groups is 1. The van der Waals surface area contributed by atoms with Gasteiger partial charge in [-0.05, 0) is 19.1 Å². The number of rotatable bonds is 6. The molecular formula is C21H25ClN4O5S. The van der Waals surface area contributed by atoms with Crippen LogP contribution in [0.2, 0.25) is 0 Å². The van der Waals surface area contributed by atoms with Crippen LogP contribution in [-0.2, 0) is 9.53 Å². The molecule has 3 heterocycles. The van der Waals surface area contributed by atoms with Gasteiger partial charge in [-0.1, -0.05) is 36.0 Å². The fourth-order valence-electron chi connectivity index (χ4n) is 4.00. The molecule has 0 radical (unpaired) electrons. The molecule has 3 aliphatic heterocycles. The fraction of sp³-hybridized carbons (Fsp3) is 0.429. The lowest BCUT2D eigenvalue weighted by atomic mass is 10.1. The van der Waals surface area contributed by atoms with Crippen LogP contribution in [0.15, 0.2) is 40.1 Å².